The minimum Gasteiger partial charge on any atom is -0.394 e. The number of allylic oxidation sites excluding steroid dienone is 6. The van der Waals surface area contributed by atoms with E-state index in [1.165, 1.54) is 135 Å². The number of unbranched alkanes of at least 4 members (excludes halogenated alkanes) is 22. The number of amides is 1. The zero-order valence-electron chi connectivity index (χ0n) is 30.9. The van der Waals surface area contributed by atoms with Gasteiger partial charge in [-0.15, -0.1) is 0 Å². The Kier molecular flexibility index (Phi) is 35.8. The van der Waals surface area contributed by atoms with Gasteiger partial charge >= 0.3 is 0 Å². The van der Waals surface area contributed by atoms with Crippen LogP contribution < -0.4 is 5.32 Å². The summed E-state index contributed by atoms with van der Waals surface area (Å²) in [6, 6.07) is -0.845. The van der Waals surface area contributed by atoms with Crippen LogP contribution in [0.5, 0.6) is 0 Å². The number of hydrogen-bond donors (Lipinski definition) is 4. The summed E-state index contributed by atoms with van der Waals surface area (Å²) in [6.45, 7) is 4.11. The molecule has 3 atom stereocenters. The van der Waals surface area contributed by atoms with Crippen molar-refractivity contribution in [2.75, 3.05) is 6.61 Å². The lowest BCUT2D eigenvalue weighted by atomic mass is 10.0. The van der Waals surface area contributed by atoms with Crippen LogP contribution in [0, 0.1) is 0 Å². The van der Waals surface area contributed by atoms with Crippen molar-refractivity contribution in [2.24, 2.45) is 0 Å². The molecule has 0 rings (SSSR count). The van der Waals surface area contributed by atoms with Crippen molar-refractivity contribution in [3.63, 3.8) is 0 Å². The first kappa shape index (κ1) is 45.3. The number of carbonyl (C=O) groups excluding carboxylic acids is 1. The van der Waals surface area contributed by atoms with Crippen LogP contribution >= 0.6 is 0 Å². The van der Waals surface area contributed by atoms with E-state index >= 15 is 0 Å². The van der Waals surface area contributed by atoms with Crippen LogP contribution in [0.3, 0.4) is 0 Å². The summed E-state index contributed by atoms with van der Waals surface area (Å²) in [5, 5.41) is 32.8. The standard InChI is InChI=1S/C42H77NO4/c1-3-5-7-9-11-13-15-17-18-19-20-21-22-23-24-25-27-28-30-32-34-36-40(45)39(38-44)43-42(47)41(46)37-35-33-31-29-26-16-14-12-10-8-6-4-2/h26-29,33-36,39-41,44-46H,3-25,30-32,37-38H2,1-2H3,(H,43,47)/b28-27+,29-26-,35-33-,36-34+. The van der Waals surface area contributed by atoms with Crippen molar-refractivity contribution < 1.29 is 20.1 Å². The van der Waals surface area contributed by atoms with Gasteiger partial charge in [-0.05, 0) is 44.9 Å². The maximum Gasteiger partial charge on any atom is 0.249 e. The maximum absolute atomic E-state index is 12.3. The van der Waals surface area contributed by atoms with Crippen molar-refractivity contribution in [1.29, 1.82) is 0 Å². The predicted molar refractivity (Wildman–Crippen MR) is 204 cm³/mol. The van der Waals surface area contributed by atoms with Gasteiger partial charge in [-0.3, -0.25) is 4.79 Å². The van der Waals surface area contributed by atoms with E-state index in [1.807, 2.05) is 12.2 Å². The monoisotopic (exact) mass is 660 g/mol. The normalized spacial score (nSPS) is 14.2. The molecule has 0 aliphatic heterocycles. The highest BCUT2D eigenvalue weighted by molar-refractivity contribution is 5.81. The molecule has 0 aliphatic rings. The lowest BCUT2D eigenvalue weighted by Crippen LogP contribution is -2.48. The topological polar surface area (TPSA) is 89.8 Å². The molecule has 47 heavy (non-hydrogen) atoms. The zero-order chi connectivity index (χ0) is 34.5. The largest absolute Gasteiger partial charge is 0.394 e. The van der Waals surface area contributed by atoms with E-state index in [9.17, 15) is 20.1 Å². The van der Waals surface area contributed by atoms with E-state index in [0.29, 0.717) is 0 Å². The molecule has 0 saturated carbocycles. The Hall–Kier alpha value is -1.69. The third-order valence-electron chi connectivity index (χ3n) is 8.90. The molecule has 0 heterocycles. The number of nitrogens with one attached hydrogen (secondary N) is 1. The van der Waals surface area contributed by atoms with Crippen LogP contribution in [-0.4, -0.2) is 46.1 Å². The number of rotatable bonds is 35. The molecule has 5 nitrogen and oxygen atoms in total. The second-order valence-corrected chi connectivity index (χ2v) is 13.5. The van der Waals surface area contributed by atoms with E-state index in [1.54, 1.807) is 12.2 Å². The highest BCUT2D eigenvalue weighted by atomic mass is 16.3. The molecular formula is C42H77NO4. The number of aliphatic hydroxyl groups is 3. The summed E-state index contributed by atoms with van der Waals surface area (Å²) in [7, 11) is 0. The van der Waals surface area contributed by atoms with Gasteiger partial charge in [0.05, 0.1) is 18.8 Å². The van der Waals surface area contributed by atoms with Crippen LogP contribution in [0.25, 0.3) is 0 Å². The maximum atomic E-state index is 12.3. The fourth-order valence-electron chi connectivity index (χ4n) is 5.71. The van der Waals surface area contributed by atoms with E-state index in [2.05, 4.69) is 43.5 Å². The Labute approximate surface area is 291 Å². The van der Waals surface area contributed by atoms with Gasteiger partial charge in [-0.1, -0.05) is 184 Å². The lowest BCUT2D eigenvalue weighted by molar-refractivity contribution is -0.131. The molecule has 3 unspecified atom stereocenters. The van der Waals surface area contributed by atoms with Gasteiger partial charge in [0.1, 0.15) is 6.10 Å². The van der Waals surface area contributed by atoms with Crippen LogP contribution in [0.2, 0.25) is 0 Å². The van der Waals surface area contributed by atoms with Crippen molar-refractivity contribution >= 4 is 5.91 Å². The first-order chi connectivity index (χ1) is 23.1. The van der Waals surface area contributed by atoms with Crippen molar-refractivity contribution in [3.05, 3.63) is 48.6 Å². The smallest absolute Gasteiger partial charge is 0.249 e. The van der Waals surface area contributed by atoms with E-state index in [4.69, 9.17) is 0 Å². The Morgan fingerprint density at radius 3 is 1.43 bits per heavy atom. The molecule has 0 fully saturated rings. The molecule has 1 amide bonds. The highest BCUT2D eigenvalue weighted by Gasteiger charge is 2.22. The minimum atomic E-state index is -1.21. The molecule has 0 aromatic carbocycles. The zero-order valence-corrected chi connectivity index (χ0v) is 30.9. The molecule has 0 spiro atoms. The third kappa shape index (κ3) is 32.6. The van der Waals surface area contributed by atoms with Crippen LogP contribution in [0.4, 0.5) is 0 Å². The second kappa shape index (κ2) is 37.1. The quantitative estimate of drug-likeness (QED) is 0.0402. The first-order valence-electron chi connectivity index (χ1n) is 20.0. The molecule has 274 valence electrons. The van der Waals surface area contributed by atoms with E-state index in [0.717, 1.165) is 32.1 Å². The van der Waals surface area contributed by atoms with Gasteiger partial charge < -0.3 is 20.6 Å². The van der Waals surface area contributed by atoms with E-state index < -0.39 is 30.8 Å². The Morgan fingerprint density at radius 1 is 0.532 bits per heavy atom. The number of hydrogen-bond acceptors (Lipinski definition) is 4. The molecule has 0 aliphatic carbocycles. The second-order valence-electron chi connectivity index (χ2n) is 13.5. The van der Waals surface area contributed by atoms with Gasteiger partial charge in [0.2, 0.25) is 5.91 Å². The van der Waals surface area contributed by atoms with Gasteiger partial charge in [0, 0.05) is 6.42 Å². The Balaban J connectivity index is 3.81. The van der Waals surface area contributed by atoms with Crippen molar-refractivity contribution in [1.82, 2.24) is 5.32 Å². The SMILES string of the molecule is CCCCCCCC/C=C\C/C=C\CC(O)C(=O)NC(CO)C(O)/C=C/CC/C=C/CCCCCCCCCCCCCCCCC. The molecule has 0 bridgehead atoms. The minimum absolute atomic E-state index is 0.201. The lowest BCUT2D eigenvalue weighted by Gasteiger charge is -2.21. The van der Waals surface area contributed by atoms with Gasteiger partial charge in [-0.25, -0.2) is 0 Å². The van der Waals surface area contributed by atoms with Crippen LogP contribution in [0.1, 0.15) is 187 Å². The van der Waals surface area contributed by atoms with Crippen molar-refractivity contribution in [2.45, 2.75) is 205 Å². The Bertz CT molecular complexity index is 775. The van der Waals surface area contributed by atoms with Gasteiger partial charge in [-0.2, -0.15) is 0 Å². The summed E-state index contributed by atoms with van der Waals surface area (Å²) in [5.41, 5.74) is 0. The van der Waals surface area contributed by atoms with Crippen LogP contribution in [0.15, 0.2) is 48.6 Å². The molecule has 5 heteroatoms. The Morgan fingerprint density at radius 2 is 0.936 bits per heavy atom. The predicted octanol–water partition coefficient (Wildman–Crippen LogP) is 11.0. The number of carbonyl (C=O) groups is 1. The molecule has 4 N–H and O–H groups in total. The summed E-state index contributed by atoms with van der Waals surface area (Å²) in [5.74, 6) is -0.582. The molecule has 0 aromatic rings. The fraction of sp³-hybridized carbons (Fsp3) is 0.786. The molecular weight excluding hydrogens is 582 g/mol. The van der Waals surface area contributed by atoms with Crippen molar-refractivity contribution in [3.8, 4) is 0 Å². The summed E-state index contributed by atoms with van der Waals surface area (Å²) in [4.78, 5) is 12.3. The summed E-state index contributed by atoms with van der Waals surface area (Å²) < 4.78 is 0. The summed E-state index contributed by atoms with van der Waals surface area (Å²) in [6.07, 6.45) is 47.3. The van der Waals surface area contributed by atoms with Gasteiger partial charge in [0.25, 0.3) is 0 Å². The average Bonchev–Trinajstić information content (AvgIpc) is 3.07. The molecule has 0 saturated heterocycles. The highest BCUT2D eigenvalue weighted by Crippen LogP contribution is 2.14. The first-order valence-corrected chi connectivity index (χ1v) is 20.0. The van der Waals surface area contributed by atoms with Gasteiger partial charge in [0.15, 0.2) is 0 Å². The number of aliphatic hydroxyl groups excluding tert-OH is 3. The average molecular weight is 660 g/mol. The molecule has 0 aromatic heterocycles. The summed E-state index contributed by atoms with van der Waals surface area (Å²) >= 11 is 0. The van der Waals surface area contributed by atoms with Crippen LogP contribution in [-0.2, 0) is 4.79 Å². The fourth-order valence-corrected chi connectivity index (χ4v) is 5.71. The van der Waals surface area contributed by atoms with E-state index in [-0.39, 0.29) is 6.42 Å². The third-order valence-corrected chi connectivity index (χ3v) is 8.90. The molecule has 0 radical (unpaired) electrons.